The van der Waals surface area contributed by atoms with E-state index in [0.29, 0.717) is 11.3 Å². The molecule has 8 heteroatoms. The lowest BCUT2D eigenvalue weighted by atomic mass is 10.1. The summed E-state index contributed by atoms with van der Waals surface area (Å²) in [5.74, 6) is -0.817. The van der Waals surface area contributed by atoms with Crippen molar-refractivity contribution in [1.29, 1.82) is 0 Å². The second kappa shape index (κ2) is 6.40. The molecule has 2 rings (SSSR count). The number of ketones is 1. The maximum atomic E-state index is 11.8. The molecule has 7 nitrogen and oxygen atoms in total. The highest BCUT2D eigenvalue weighted by molar-refractivity contribution is 7.99. The van der Waals surface area contributed by atoms with Crippen LogP contribution in [0.4, 0.5) is 5.69 Å². The Balaban J connectivity index is 1.91. The molecule has 2 aromatic rings. The number of amides is 1. The number of carbonyl (C=O) groups excluding carboxylic acids is 2. The van der Waals surface area contributed by atoms with Gasteiger partial charge in [-0.3, -0.25) is 9.59 Å². The quantitative estimate of drug-likeness (QED) is 0.491. The van der Waals surface area contributed by atoms with Crippen LogP contribution in [0.1, 0.15) is 17.3 Å². The van der Waals surface area contributed by atoms with Gasteiger partial charge in [0.2, 0.25) is 5.91 Å². The van der Waals surface area contributed by atoms with Crippen LogP contribution in [0, 0.1) is 0 Å². The van der Waals surface area contributed by atoms with Crippen LogP contribution in [0.15, 0.2) is 33.8 Å². The van der Waals surface area contributed by atoms with Gasteiger partial charge in [-0.25, -0.2) is 0 Å². The highest BCUT2D eigenvalue weighted by Gasteiger charge is 2.16. The molecule has 1 N–H and O–H groups in total. The number of thioether (sulfide) groups is 1. The third-order valence-corrected chi connectivity index (χ3v) is 3.74. The summed E-state index contributed by atoms with van der Waals surface area (Å²) >= 11 is 1.04. The maximum absolute atomic E-state index is 11.8. The molecule has 0 radical (unpaired) electrons. The van der Waals surface area contributed by atoms with E-state index in [-0.39, 0.29) is 22.5 Å². The zero-order chi connectivity index (χ0) is 15.4. The summed E-state index contributed by atoms with van der Waals surface area (Å²) in [6.07, 6.45) is 0. The molecule has 0 aliphatic rings. The molecule has 21 heavy (non-hydrogen) atoms. The maximum Gasteiger partial charge on any atom is 0.291 e. The van der Waals surface area contributed by atoms with E-state index in [9.17, 15) is 14.7 Å². The van der Waals surface area contributed by atoms with E-state index in [2.05, 4.69) is 15.1 Å². The SMILES string of the molecule is CC(=O)c1ccc(NC(=O)CSc2c([O-])on[n+]2C)cc1. The van der Waals surface area contributed by atoms with E-state index in [1.54, 1.807) is 31.3 Å². The van der Waals surface area contributed by atoms with Gasteiger partial charge in [0.1, 0.15) is 0 Å². The van der Waals surface area contributed by atoms with E-state index >= 15 is 0 Å². The van der Waals surface area contributed by atoms with Crippen molar-refractivity contribution >= 4 is 29.1 Å². The van der Waals surface area contributed by atoms with Crippen LogP contribution in [0.25, 0.3) is 0 Å². The lowest BCUT2D eigenvalue weighted by Gasteiger charge is -2.04. The van der Waals surface area contributed by atoms with Crippen LogP contribution in [0.2, 0.25) is 0 Å². The Hall–Kier alpha value is -2.35. The molecule has 0 fully saturated rings. The van der Waals surface area contributed by atoms with Crippen LogP contribution >= 0.6 is 11.8 Å². The molecule has 0 atom stereocenters. The van der Waals surface area contributed by atoms with E-state index < -0.39 is 5.95 Å². The first-order valence-corrected chi connectivity index (χ1v) is 7.02. The minimum Gasteiger partial charge on any atom is -0.538 e. The standard InChI is InChI=1S/C13H13N3O4S/c1-8(17)9-3-5-10(6-4-9)14-11(18)7-21-12-13(19)20-15-16(12)2/h3-6H,7H2,1-2H3,(H-,14,15,17,18,19). The number of nitrogens with zero attached hydrogens (tertiary/aromatic N) is 2. The van der Waals surface area contributed by atoms with Crippen LogP contribution in [0.3, 0.4) is 0 Å². The number of hydrogen-bond acceptors (Lipinski definition) is 6. The van der Waals surface area contributed by atoms with Gasteiger partial charge in [0, 0.05) is 11.3 Å². The molecule has 1 amide bonds. The van der Waals surface area contributed by atoms with Crippen molar-refractivity contribution in [3.63, 3.8) is 0 Å². The molecular weight excluding hydrogens is 294 g/mol. The Morgan fingerprint density at radius 3 is 2.57 bits per heavy atom. The zero-order valence-electron chi connectivity index (χ0n) is 11.5. The second-order valence-corrected chi connectivity index (χ2v) is 5.22. The van der Waals surface area contributed by atoms with Crippen molar-refractivity contribution in [1.82, 2.24) is 5.27 Å². The fourth-order valence-corrected chi connectivity index (χ4v) is 2.29. The van der Waals surface area contributed by atoms with Crippen molar-refractivity contribution in [3.8, 4) is 5.95 Å². The number of Topliss-reactive ketones (excluding diaryl/α,β-unsaturated/α-hetero) is 1. The third kappa shape index (κ3) is 3.82. The fourth-order valence-electron chi connectivity index (χ4n) is 1.58. The first-order valence-electron chi connectivity index (χ1n) is 6.04. The minimum absolute atomic E-state index is 0.0358. The summed E-state index contributed by atoms with van der Waals surface area (Å²) in [4.78, 5) is 22.9. The minimum atomic E-state index is -0.568. The molecule has 0 unspecified atom stereocenters. The van der Waals surface area contributed by atoms with Crippen LogP contribution in [0.5, 0.6) is 5.95 Å². The first kappa shape index (κ1) is 15.0. The summed E-state index contributed by atoms with van der Waals surface area (Å²) in [5, 5.41) is 17.7. The summed E-state index contributed by atoms with van der Waals surface area (Å²) in [5.41, 5.74) is 1.16. The van der Waals surface area contributed by atoms with Crippen molar-refractivity contribution in [3.05, 3.63) is 29.8 Å². The monoisotopic (exact) mass is 307 g/mol. The topological polar surface area (TPSA) is 99.1 Å². The Labute approximate surface area is 124 Å². The van der Waals surface area contributed by atoms with Gasteiger partial charge in [0.05, 0.1) is 11.0 Å². The van der Waals surface area contributed by atoms with E-state index in [1.165, 1.54) is 11.6 Å². The summed E-state index contributed by atoms with van der Waals surface area (Å²) in [6, 6.07) is 6.58. The van der Waals surface area contributed by atoms with E-state index in [4.69, 9.17) is 0 Å². The number of aromatic nitrogens is 2. The molecular formula is C13H13N3O4S. The number of hydrogen-bond donors (Lipinski definition) is 1. The average molecular weight is 307 g/mol. The van der Waals surface area contributed by atoms with Crippen molar-refractivity contribution < 1.29 is 23.9 Å². The number of rotatable bonds is 5. The largest absolute Gasteiger partial charge is 0.538 e. The first-order chi connectivity index (χ1) is 9.97. The Bertz CT molecular complexity index is 647. The summed E-state index contributed by atoms with van der Waals surface area (Å²) < 4.78 is 5.73. The van der Waals surface area contributed by atoms with Crippen LogP contribution in [-0.2, 0) is 11.8 Å². The predicted molar refractivity (Wildman–Crippen MR) is 72.9 cm³/mol. The van der Waals surface area contributed by atoms with Gasteiger partial charge in [-0.1, -0.05) is 4.68 Å². The molecule has 0 saturated carbocycles. The van der Waals surface area contributed by atoms with E-state index in [0.717, 1.165) is 11.8 Å². The number of nitrogens with one attached hydrogen (secondary N) is 1. The Morgan fingerprint density at radius 2 is 2.05 bits per heavy atom. The summed E-state index contributed by atoms with van der Waals surface area (Å²) in [6.45, 7) is 1.48. The zero-order valence-corrected chi connectivity index (χ0v) is 12.3. The Morgan fingerprint density at radius 1 is 1.38 bits per heavy atom. The molecule has 1 aromatic carbocycles. The van der Waals surface area contributed by atoms with Gasteiger partial charge in [0.15, 0.2) is 18.8 Å². The molecule has 110 valence electrons. The molecule has 0 spiro atoms. The smallest absolute Gasteiger partial charge is 0.291 e. The lowest BCUT2D eigenvalue weighted by molar-refractivity contribution is -0.772. The number of carbonyl (C=O) groups is 2. The number of aryl methyl sites for hydroxylation is 1. The second-order valence-electron chi connectivity index (χ2n) is 4.26. The van der Waals surface area contributed by atoms with Crippen LogP contribution in [-0.4, -0.2) is 22.7 Å². The lowest BCUT2D eigenvalue weighted by Crippen LogP contribution is -2.32. The number of benzene rings is 1. The number of anilines is 1. The van der Waals surface area contributed by atoms with Gasteiger partial charge in [-0.15, -0.1) is 0 Å². The highest BCUT2D eigenvalue weighted by atomic mass is 32.2. The van der Waals surface area contributed by atoms with Crippen molar-refractivity contribution in [2.24, 2.45) is 7.05 Å². The van der Waals surface area contributed by atoms with E-state index in [1.807, 2.05) is 0 Å². The van der Waals surface area contributed by atoms with Gasteiger partial charge in [-0.2, -0.15) is 0 Å². The molecule has 0 bridgehead atoms. The third-order valence-electron chi connectivity index (χ3n) is 2.63. The fraction of sp³-hybridized carbons (Fsp3) is 0.231. The van der Waals surface area contributed by atoms with Gasteiger partial charge in [-0.05, 0) is 43.0 Å². The molecule has 0 aliphatic carbocycles. The highest BCUT2D eigenvalue weighted by Crippen LogP contribution is 2.21. The van der Waals surface area contributed by atoms with Crippen LogP contribution < -0.4 is 15.1 Å². The van der Waals surface area contributed by atoms with Gasteiger partial charge < -0.3 is 14.9 Å². The molecule has 1 heterocycles. The normalized spacial score (nSPS) is 10.4. The van der Waals surface area contributed by atoms with Gasteiger partial charge in [0.25, 0.3) is 5.03 Å². The molecule has 0 saturated heterocycles. The average Bonchev–Trinajstić information content (AvgIpc) is 2.76. The van der Waals surface area contributed by atoms with Gasteiger partial charge >= 0.3 is 0 Å². The summed E-state index contributed by atoms with van der Waals surface area (Å²) in [7, 11) is 1.56. The molecule has 0 aliphatic heterocycles. The van der Waals surface area contributed by atoms with Crippen molar-refractivity contribution in [2.45, 2.75) is 11.9 Å². The predicted octanol–water partition coefficient (Wildman–Crippen LogP) is 0.506. The molecule has 1 aromatic heterocycles. The van der Waals surface area contributed by atoms with Crippen molar-refractivity contribution in [2.75, 3.05) is 11.1 Å². The Kier molecular flexibility index (Phi) is 4.59.